The number of nitrogens with one attached hydrogen (secondary N) is 1. The van der Waals surface area contributed by atoms with Gasteiger partial charge in [-0.15, -0.1) is 11.3 Å². The number of nitrogens with zero attached hydrogens (tertiary/aromatic N) is 2. The fraction of sp³-hybridized carbons (Fsp3) is 0.500. The maximum Gasteiger partial charge on any atom is 0.271 e. The van der Waals surface area contributed by atoms with Gasteiger partial charge in [0.25, 0.3) is 5.91 Å². The Bertz CT molecular complexity index is 734. The van der Waals surface area contributed by atoms with E-state index in [2.05, 4.69) is 15.2 Å². The number of aliphatic hydroxyl groups is 1. The monoisotopic (exact) mass is 387 g/mol. The van der Waals surface area contributed by atoms with Crippen LogP contribution in [0.25, 0.3) is 0 Å². The second-order valence-electron chi connectivity index (χ2n) is 7.24. The maximum absolute atomic E-state index is 12.6. The molecule has 6 nitrogen and oxygen atoms in total. The number of aliphatic hydroxyl groups excluding tert-OH is 1. The summed E-state index contributed by atoms with van der Waals surface area (Å²) >= 11 is 1.40. The Kier molecular flexibility index (Phi) is 5.71. The average Bonchev–Trinajstić information content (AvgIpc) is 3.33. The summed E-state index contributed by atoms with van der Waals surface area (Å²) < 4.78 is 6.07. The van der Waals surface area contributed by atoms with Gasteiger partial charge in [0, 0.05) is 11.8 Å². The second-order valence-corrected chi connectivity index (χ2v) is 7.96. The molecule has 2 N–H and O–H groups in total. The molecule has 4 rings (SSSR count). The summed E-state index contributed by atoms with van der Waals surface area (Å²) in [6.45, 7) is 1.89. The maximum atomic E-state index is 12.6. The van der Waals surface area contributed by atoms with Crippen LogP contribution in [0.2, 0.25) is 0 Å². The third-order valence-corrected chi connectivity index (χ3v) is 6.04. The van der Waals surface area contributed by atoms with Gasteiger partial charge in [-0.1, -0.05) is 24.6 Å². The summed E-state index contributed by atoms with van der Waals surface area (Å²) in [5, 5.41) is 15.9. The van der Waals surface area contributed by atoms with Crippen molar-refractivity contribution in [3.63, 3.8) is 0 Å². The molecule has 0 spiro atoms. The molecule has 27 heavy (non-hydrogen) atoms. The van der Waals surface area contributed by atoms with E-state index in [-0.39, 0.29) is 24.1 Å². The molecule has 0 unspecified atom stereocenters. The van der Waals surface area contributed by atoms with Gasteiger partial charge in [-0.2, -0.15) is 0 Å². The Labute approximate surface area is 163 Å². The van der Waals surface area contributed by atoms with Gasteiger partial charge in [0.15, 0.2) is 0 Å². The fourth-order valence-electron chi connectivity index (χ4n) is 4.18. The van der Waals surface area contributed by atoms with E-state index in [1.165, 1.54) is 17.8 Å². The molecule has 2 heterocycles. The molecular formula is C20H25N3O3S. The molecule has 0 radical (unpaired) electrons. The van der Waals surface area contributed by atoms with Gasteiger partial charge in [0.1, 0.15) is 23.7 Å². The standard InChI is InChI=1S/C20H25N3O3S/c24-19-17(26-14-7-3-1-4-8-14)11-15(18(19)23-9-5-2-6-10-23)22-20(25)16-12-27-13-21-16/h1,3-4,7-8,12-13,15,17-19,24H,2,5-6,9-11H2,(H,22,25)/t15-,17-,18+,19+/m1/s1. The molecule has 2 aromatic rings. The first-order valence-electron chi connectivity index (χ1n) is 9.55. The highest BCUT2D eigenvalue weighted by molar-refractivity contribution is 7.07. The summed E-state index contributed by atoms with van der Waals surface area (Å²) in [7, 11) is 0. The first-order chi connectivity index (χ1) is 13.2. The lowest BCUT2D eigenvalue weighted by atomic mass is 10.0. The number of hydrogen-bond donors (Lipinski definition) is 2. The van der Waals surface area contributed by atoms with Crippen molar-refractivity contribution in [2.75, 3.05) is 13.1 Å². The van der Waals surface area contributed by atoms with Gasteiger partial charge in [0.2, 0.25) is 0 Å². The number of likely N-dealkylation sites (tertiary alicyclic amines) is 1. The van der Waals surface area contributed by atoms with Crippen LogP contribution in [-0.4, -0.2) is 58.3 Å². The SMILES string of the molecule is O=C(N[C@@H]1C[C@@H](Oc2ccccc2)[C@H](O)[C@H]1N1CCCCC1)c1cscn1. The number of ether oxygens (including phenoxy) is 1. The van der Waals surface area contributed by atoms with Gasteiger partial charge in [0.05, 0.1) is 17.6 Å². The number of benzene rings is 1. The van der Waals surface area contributed by atoms with Gasteiger partial charge >= 0.3 is 0 Å². The molecule has 2 fully saturated rings. The highest BCUT2D eigenvalue weighted by Crippen LogP contribution is 2.31. The van der Waals surface area contributed by atoms with Crippen molar-refractivity contribution < 1.29 is 14.6 Å². The number of piperidine rings is 1. The van der Waals surface area contributed by atoms with E-state index < -0.39 is 6.10 Å². The summed E-state index contributed by atoms with van der Waals surface area (Å²) in [6.07, 6.45) is 3.05. The minimum atomic E-state index is -0.649. The molecule has 1 aromatic carbocycles. The van der Waals surface area contributed by atoms with Crippen molar-refractivity contribution in [2.24, 2.45) is 0 Å². The van der Waals surface area contributed by atoms with Crippen LogP contribution >= 0.6 is 11.3 Å². The van der Waals surface area contributed by atoms with Crippen molar-refractivity contribution in [2.45, 2.75) is 50.0 Å². The molecule has 7 heteroatoms. The minimum Gasteiger partial charge on any atom is -0.488 e. The highest BCUT2D eigenvalue weighted by atomic mass is 32.1. The van der Waals surface area contributed by atoms with Gasteiger partial charge in [-0.25, -0.2) is 4.98 Å². The Morgan fingerprint density at radius 2 is 2.00 bits per heavy atom. The van der Waals surface area contributed by atoms with Crippen molar-refractivity contribution in [3.05, 3.63) is 46.9 Å². The number of rotatable bonds is 5. The van der Waals surface area contributed by atoms with Gasteiger partial charge in [-0.3, -0.25) is 9.69 Å². The number of para-hydroxylation sites is 1. The molecule has 1 aliphatic heterocycles. The minimum absolute atomic E-state index is 0.137. The second kappa shape index (κ2) is 8.37. The van der Waals surface area contributed by atoms with E-state index >= 15 is 0 Å². The zero-order chi connectivity index (χ0) is 18.6. The predicted molar refractivity (Wildman–Crippen MR) is 104 cm³/mol. The van der Waals surface area contributed by atoms with Crippen molar-refractivity contribution in [1.29, 1.82) is 0 Å². The van der Waals surface area contributed by atoms with Crippen molar-refractivity contribution >= 4 is 17.2 Å². The van der Waals surface area contributed by atoms with Gasteiger partial charge in [-0.05, 0) is 38.1 Å². The predicted octanol–water partition coefficient (Wildman–Crippen LogP) is 2.31. The molecule has 1 amide bonds. The Balaban J connectivity index is 1.51. The lowest BCUT2D eigenvalue weighted by Crippen LogP contribution is -2.54. The third-order valence-electron chi connectivity index (χ3n) is 5.45. The van der Waals surface area contributed by atoms with Crippen LogP contribution in [0, 0.1) is 0 Å². The Morgan fingerprint density at radius 1 is 1.22 bits per heavy atom. The molecule has 1 saturated heterocycles. The average molecular weight is 388 g/mol. The third kappa shape index (κ3) is 4.15. The van der Waals surface area contributed by atoms with E-state index in [0.29, 0.717) is 12.1 Å². The van der Waals surface area contributed by atoms with Gasteiger partial charge < -0.3 is 15.2 Å². The first kappa shape index (κ1) is 18.4. The zero-order valence-electron chi connectivity index (χ0n) is 15.2. The highest BCUT2D eigenvalue weighted by Gasteiger charge is 2.47. The Morgan fingerprint density at radius 3 is 2.70 bits per heavy atom. The van der Waals surface area contributed by atoms with E-state index in [4.69, 9.17) is 4.74 Å². The first-order valence-corrected chi connectivity index (χ1v) is 10.5. The topological polar surface area (TPSA) is 74.7 Å². The lowest BCUT2D eigenvalue weighted by Gasteiger charge is -2.37. The van der Waals surface area contributed by atoms with Crippen LogP contribution in [0.15, 0.2) is 41.2 Å². The zero-order valence-corrected chi connectivity index (χ0v) is 16.0. The number of amides is 1. The van der Waals surface area contributed by atoms with Crippen LogP contribution in [0.4, 0.5) is 0 Å². The molecule has 0 bridgehead atoms. The summed E-state index contributed by atoms with van der Waals surface area (Å²) in [5.41, 5.74) is 2.08. The number of carbonyl (C=O) groups excluding carboxylic acids is 1. The summed E-state index contributed by atoms with van der Waals surface area (Å²) in [6, 6.07) is 9.25. The van der Waals surface area contributed by atoms with E-state index in [1.807, 2.05) is 30.3 Å². The molecule has 4 atom stereocenters. The molecule has 2 aliphatic rings. The summed E-state index contributed by atoms with van der Waals surface area (Å²) in [4.78, 5) is 19.0. The molecule has 1 aliphatic carbocycles. The van der Waals surface area contributed by atoms with Crippen molar-refractivity contribution in [3.8, 4) is 5.75 Å². The molecule has 1 saturated carbocycles. The quantitative estimate of drug-likeness (QED) is 0.824. The van der Waals surface area contributed by atoms with Crippen LogP contribution in [0.3, 0.4) is 0 Å². The van der Waals surface area contributed by atoms with Crippen molar-refractivity contribution in [1.82, 2.24) is 15.2 Å². The largest absolute Gasteiger partial charge is 0.488 e. The normalized spacial score (nSPS) is 28.8. The van der Waals surface area contributed by atoms with Crippen LogP contribution in [0.5, 0.6) is 5.75 Å². The summed E-state index contributed by atoms with van der Waals surface area (Å²) in [5.74, 6) is 0.557. The number of hydrogen-bond acceptors (Lipinski definition) is 6. The number of carbonyl (C=O) groups is 1. The lowest BCUT2D eigenvalue weighted by molar-refractivity contribution is 0.00145. The Hall–Kier alpha value is -1.96. The van der Waals surface area contributed by atoms with Crippen LogP contribution in [0.1, 0.15) is 36.2 Å². The fourth-order valence-corrected chi connectivity index (χ4v) is 4.71. The number of aromatic nitrogens is 1. The van der Waals surface area contributed by atoms with Crippen LogP contribution in [-0.2, 0) is 0 Å². The smallest absolute Gasteiger partial charge is 0.271 e. The van der Waals surface area contributed by atoms with E-state index in [0.717, 1.165) is 31.7 Å². The van der Waals surface area contributed by atoms with E-state index in [9.17, 15) is 9.90 Å². The molecule has 144 valence electrons. The van der Waals surface area contributed by atoms with Crippen LogP contribution < -0.4 is 10.1 Å². The number of thiazole rings is 1. The molecular weight excluding hydrogens is 362 g/mol. The van der Waals surface area contributed by atoms with E-state index in [1.54, 1.807) is 10.9 Å². The molecule has 1 aromatic heterocycles.